The van der Waals surface area contributed by atoms with Crippen LogP contribution in [0.5, 0.6) is 0 Å². The second-order valence-electron chi connectivity index (χ2n) is 6.12. The number of hydrogen-bond acceptors (Lipinski definition) is 5. The molecule has 6 nitrogen and oxygen atoms in total. The van der Waals surface area contributed by atoms with Gasteiger partial charge in [0.25, 0.3) is 5.69 Å². The van der Waals surface area contributed by atoms with Crippen LogP contribution >= 0.6 is 0 Å². The summed E-state index contributed by atoms with van der Waals surface area (Å²) < 4.78 is 5.18. The fraction of sp³-hybridized carbons (Fsp3) is 0. The van der Waals surface area contributed by atoms with Crippen LogP contribution < -0.4 is 0 Å². The summed E-state index contributed by atoms with van der Waals surface area (Å²) in [5.74, 6) is -0.394. The second-order valence-corrected chi connectivity index (χ2v) is 6.12. The Kier molecular flexibility index (Phi) is 4.51. The monoisotopic (exact) mass is 370 g/mol. The van der Waals surface area contributed by atoms with Gasteiger partial charge in [0.2, 0.25) is 5.90 Å². The van der Waals surface area contributed by atoms with Gasteiger partial charge in [0.05, 0.1) is 4.92 Å². The average Bonchev–Trinajstić information content (AvgIpc) is 3.06. The first-order valence-electron chi connectivity index (χ1n) is 8.53. The van der Waals surface area contributed by atoms with Crippen LogP contribution in [0.2, 0.25) is 0 Å². The summed E-state index contributed by atoms with van der Waals surface area (Å²) in [6.45, 7) is 0. The summed E-state index contributed by atoms with van der Waals surface area (Å²) in [6.07, 6.45) is 4.82. The molecule has 0 saturated heterocycles. The van der Waals surface area contributed by atoms with Gasteiger partial charge in [-0.2, -0.15) is 0 Å². The van der Waals surface area contributed by atoms with Gasteiger partial charge >= 0.3 is 5.97 Å². The maximum atomic E-state index is 12.2. The zero-order valence-corrected chi connectivity index (χ0v) is 14.6. The van der Waals surface area contributed by atoms with Crippen LogP contribution in [-0.4, -0.2) is 16.8 Å². The lowest BCUT2D eigenvalue weighted by Crippen LogP contribution is -2.01. The van der Waals surface area contributed by atoms with E-state index in [4.69, 9.17) is 4.74 Å². The number of fused-ring (bicyclic) bond motifs is 1. The van der Waals surface area contributed by atoms with E-state index in [2.05, 4.69) is 4.99 Å². The summed E-state index contributed by atoms with van der Waals surface area (Å²) in [4.78, 5) is 26.8. The first-order chi connectivity index (χ1) is 13.6. The zero-order valence-electron chi connectivity index (χ0n) is 14.6. The molecule has 0 spiro atoms. The number of benzene rings is 3. The molecule has 1 aliphatic rings. The molecule has 4 rings (SSSR count). The van der Waals surface area contributed by atoms with E-state index in [-0.39, 0.29) is 17.3 Å². The molecule has 0 fully saturated rings. The molecule has 28 heavy (non-hydrogen) atoms. The normalized spacial score (nSPS) is 15.2. The molecule has 3 aromatic rings. The van der Waals surface area contributed by atoms with Crippen LogP contribution in [0.25, 0.3) is 22.9 Å². The van der Waals surface area contributed by atoms with E-state index in [1.807, 2.05) is 42.5 Å². The number of nitro groups is 1. The minimum atomic E-state index is -0.536. The lowest BCUT2D eigenvalue weighted by molar-refractivity contribution is -0.384. The number of nitrogens with zero attached hydrogens (tertiary/aromatic N) is 2. The third-order valence-electron chi connectivity index (χ3n) is 4.25. The minimum Gasteiger partial charge on any atom is -0.403 e. The first-order valence-corrected chi connectivity index (χ1v) is 8.53. The number of ether oxygens (including phenoxy) is 1. The molecule has 1 aliphatic heterocycles. The average molecular weight is 370 g/mol. The third-order valence-corrected chi connectivity index (χ3v) is 4.25. The molecule has 0 atom stereocenters. The van der Waals surface area contributed by atoms with Crippen molar-refractivity contribution < 1.29 is 14.5 Å². The summed E-state index contributed by atoms with van der Waals surface area (Å²) in [6, 6.07) is 19.9. The van der Waals surface area contributed by atoms with Gasteiger partial charge in [-0.25, -0.2) is 9.79 Å². The highest BCUT2D eigenvalue weighted by atomic mass is 16.6. The molecular formula is C22H14N2O4. The first kappa shape index (κ1) is 17.4. The minimum absolute atomic E-state index is 0.0101. The molecule has 0 N–H and O–H groups in total. The molecule has 0 unspecified atom stereocenters. The van der Waals surface area contributed by atoms with E-state index in [1.165, 1.54) is 18.2 Å². The molecule has 0 saturated carbocycles. The molecule has 0 radical (unpaired) electrons. The quantitative estimate of drug-likeness (QED) is 0.287. The maximum absolute atomic E-state index is 12.2. The second kappa shape index (κ2) is 7.28. The number of nitro benzene ring substituents is 1. The Balaban J connectivity index is 1.62. The van der Waals surface area contributed by atoms with Crippen LogP contribution in [0.4, 0.5) is 5.69 Å². The zero-order chi connectivity index (χ0) is 19.5. The number of non-ortho nitro benzene ring substituents is 1. The molecule has 6 heteroatoms. The molecule has 0 amide bonds. The van der Waals surface area contributed by atoms with Gasteiger partial charge in [-0.05, 0) is 34.1 Å². The van der Waals surface area contributed by atoms with Crippen molar-refractivity contribution in [3.63, 3.8) is 0 Å². The third kappa shape index (κ3) is 3.57. The van der Waals surface area contributed by atoms with Gasteiger partial charge in [0.1, 0.15) is 0 Å². The van der Waals surface area contributed by atoms with Crippen LogP contribution in [0, 0.1) is 10.1 Å². The van der Waals surface area contributed by atoms with Crippen molar-refractivity contribution in [3.05, 3.63) is 99.7 Å². The smallest absolute Gasteiger partial charge is 0.363 e. The number of esters is 1. The molecule has 3 aromatic carbocycles. The molecule has 136 valence electrons. The summed E-state index contributed by atoms with van der Waals surface area (Å²) >= 11 is 0. The van der Waals surface area contributed by atoms with Gasteiger partial charge < -0.3 is 4.74 Å². The van der Waals surface area contributed by atoms with E-state index >= 15 is 0 Å². The number of aliphatic imine (C=N–C) groups is 1. The van der Waals surface area contributed by atoms with Crippen LogP contribution in [0.15, 0.2) is 83.5 Å². The standard InChI is InChI=1S/C22H14N2O4/c25-22-20(14-17-8-4-7-16-6-1-2-10-19(16)17)23-21(28-22)12-11-15-5-3-9-18(13-15)24(26)27/h1-14H. The van der Waals surface area contributed by atoms with Crippen molar-refractivity contribution in [1.82, 2.24) is 0 Å². The van der Waals surface area contributed by atoms with E-state index < -0.39 is 10.9 Å². The van der Waals surface area contributed by atoms with Crippen molar-refractivity contribution in [2.45, 2.75) is 0 Å². The Hall–Kier alpha value is -4.06. The Bertz CT molecular complexity index is 1190. The predicted octanol–water partition coefficient (Wildman–Crippen LogP) is 4.76. The number of carbonyl (C=O) groups excluding carboxylic acids is 1. The van der Waals surface area contributed by atoms with Crippen molar-refractivity contribution in [2.24, 2.45) is 4.99 Å². The summed E-state index contributed by atoms with van der Waals surface area (Å²) in [5, 5.41) is 12.9. The Morgan fingerprint density at radius 3 is 2.61 bits per heavy atom. The van der Waals surface area contributed by atoms with Crippen molar-refractivity contribution in [1.29, 1.82) is 0 Å². The Morgan fingerprint density at radius 1 is 0.964 bits per heavy atom. The molecule has 0 bridgehead atoms. The van der Waals surface area contributed by atoms with Gasteiger partial charge in [0, 0.05) is 18.2 Å². The van der Waals surface area contributed by atoms with Crippen molar-refractivity contribution in [3.8, 4) is 0 Å². The van der Waals surface area contributed by atoms with Crippen molar-refractivity contribution in [2.75, 3.05) is 0 Å². The number of cyclic esters (lactones) is 1. The van der Waals surface area contributed by atoms with Gasteiger partial charge in [0.15, 0.2) is 5.70 Å². The van der Waals surface area contributed by atoms with E-state index in [1.54, 1.807) is 24.3 Å². The molecule has 0 aliphatic carbocycles. The van der Waals surface area contributed by atoms with Crippen LogP contribution in [-0.2, 0) is 9.53 Å². The van der Waals surface area contributed by atoms with Crippen molar-refractivity contribution >= 4 is 40.5 Å². The highest BCUT2D eigenvalue weighted by molar-refractivity contribution is 6.12. The number of rotatable bonds is 4. The highest BCUT2D eigenvalue weighted by Crippen LogP contribution is 2.23. The summed E-state index contributed by atoms with van der Waals surface area (Å²) in [5.41, 5.74) is 1.68. The van der Waals surface area contributed by atoms with Crippen LogP contribution in [0.1, 0.15) is 11.1 Å². The summed E-state index contributed by atoms with van der Waals surface area (Å²) in [7, 11) is 0. The molecule has 1 heterocycles. The van der Waals surface area contributed by atoms with Gasteiger partial charge in [-0.15, -0.1) is 0 Å². The molecular weight excluding hydrogens is 356 g/mol. The van der Waals surface area contributed by atoms with Gasteiger partial charge in [-0.1, -0.05) is 54.6 Å². The van der Waals surface area contributed by atoms with E-state index in [0.717, 1.165) is 16.3 Å². The largest absolute Gasteiger partial charge is 0.403 e. The number of carbonyl (C=O) groups is 1. The van der Waals surface area contributed by atoms with E-state index in [0.29, 0.717) is 5.56 Å². The fourth-order valence-electron chi connectivity index (χ4n) is 2.93. The van der Waals surface area contributed by atoms with E-state index in [9.17, 15) is 14.9 Å². The Morgan fingerprint density at radius 2 is 1.75 bits per heavy atom. The fourth-order valence-corrected chi connectivity index (χ4v) is 2.93. The topological polar surface area (TPSA) is 81.8 Å². The molecule has 0 aromatic heterocycles. The predicted molar refractivity (Wildman–Crippen MR) is 108 cm³/mol. The Labute approximate surface area is 160 Å². The number of hydrogen-bond donors (Lipinski definition) is 0. The maximum Gasteiger partial charge on any atom is 0.363 e. The van der Waals surface area contributed by atoms with Gasteiger partial charge in [-0.3, -0.25) is 10.1 Å². The lowest BCUT2D eigenvalue weighted by atomic mass is 10.0. The highest BCUT2D eigenvalue weighted by Gasteiger charge is 2.21. The van der Waals surface area contributed by atoms with Crippen LogP contribution in [0.3, 0.4) is 0 Å². The SMILES string of the molecule is O=C1OC(C=Cc2cccc([N+](=O)[O-])c2)=NC1=Cc1cccc2ccccc12. The lowest BCUT2D eigenvalue weighted by Gasteiger charge is -2.01.